The summed E-state index contributed by atoms with van der Waals surface area (Å²) in [6, 6.07) is 10.7. The van der Waals surface area contributed by atoms with Gasteiger partial charge in [-0.05, 0) is 54.7 Å². The number of pyridine rings is 1. The average molecular weight is 420 g/mol. The molecule has 0 spiro atoms. The SMILES string of the molecule is CC(C)c1nc2sc3c(SCCc4ccccc4)ncnc3c2c2c1CCCC2. The molecular weight excluding hydrogens is 394 g/mol. The molecule has 0 saturated heterocycles. The molecule has 0 radical (unpaired) electrons. The number of benzene rings is 1. The van der Waals surface area contributed by atoms with Gasteiger partial charge in [-0.1, -0.05) is 44.2 Å². The smallest absolute Gasteiger partial charge is 0.126 e. The number of thioether (sulfide) groups is 1. The molecule has 5 rings (SSSR count). The fourth-order valence-corrected chi connectivity index (χ4v) is 6.59. The first-order chi connectivity index (χ1) is 14.2. The fourth-order valence-electron chi connectivity index (χ4n) is 4.36. The number of aryl methyl sites for hydroxylation is 2. The highest BCUT2D eigenvalue weighted by molar-refractivity contribution is 7.99. The van der Waals surface area contributed by atoms with Crippen LogP contribution < -0.4 is 0 Å². The molecule has 0 fully saturated rings. The van der Waals surface area contributed by atoms with Crippen LogP contribution in [-0.4, -0.2) is 20.7 Å². The van der Waals surface area contributed by atoms with Crippen molar-refractivity contribution in [1.82, 2.24) is 15.0 Å². The zero-order chi connectivity index (χ0) is 19.8. The van der Waals surface area contributed by atoms with Crippen molar-refractivity contribution in [3.05, 3.63) is 59.0 Å². The van der Waals surface area contributed by atoms with Crippen LogP contribution in [0.3, 0.4) is 0 Å². The lowest BCUT2D eigenvalue weighted by Crippen LogP contribution is -2.10. The lowest BCUT2D eigenvalue weighted by Gasteiger charge is -2.21. The molecule has 4 aromatic rings. The third kappa shape index (κ3) is 3.55. The Morgan fingerprint density at radius 1 is 1.03 bits per heavy atom. The second-order valence-electron chi connectivity index (χ2n) is 8.04. The summed E-state index contributed by atoms with van der Waals surface area (Å²) in [4.78, 5) is 15.6. The summed E-state index contributed by atoms with van der Waals surface area (Å²) in [5.74, 6) is 1.48. The van der Waals surface area contributed by atoms with Gasteiger partial charge in [0.05, 0.1) is 10.2 Å². The van der Waals surface area contributed by atoms with Gasteiger partial charge in [-0.2, -0.15) is 0 Å². The molecule has 0 amide bonds. The van der Waals surface area contributed by atoms with Crippen molar-refractivity contribution in [2.24, 2.45) is 0 Å². The lowest BCUT2D eigenvalue weighted by atomic mass is 9.86. The van der Waals surface area contributed by atoms with Gasteiger partial charge in [-0.3, -0.25) is 0 Å². The molecule has 0 atom stereocenters. The quantitative estimate of drug-likeness (QED) is 0.271. The maximum Gasteiger partial charge on any atom is 0.126 e. The van der Waals surface area contributed by atoms with Gasteiger partial charge >= 0.3 is 0 Å². The molecule has 0 N–H and O–H groups in total. The van der Waals surface area contributed by atoms with E-state index in [1.807, 2.05) is 11.8 Å². The molecule has 29 heavy (non-hydrogen) atoms. The highest BCUT2D eigenvalue weighted by atomic mass is 32.2. The Kier molecular flexibility index (Phi) is 5.27. The molecule has 1 aliphatic rings. The summed E-state index contributed by atoms with van der Waals surface area (Å²) in [5.41, 5.74) is 6.79. The van der Waals surface area contributed by atoms with Gasteiger partial charge < -0.3 is 0 Å². The van der Waals surface area contributed by atoms with E-state index in [2.05, 4.69) is 49.2 Å². The minimum Gasteiger partial charge on any atom is -0.241 e. The van der Waals surface area contributed by atoms with Gasteiger partial charge in [0, 0.05) is 16.8 Å². The molecule has 148 valence electrons. The number of hydrogen-bond acceptors (Lipinski definition) is 5. The van der Waals surface area contributed by atoms with E-state index in [0.717, 1.165) is 40.4 Å². The Labute approximate surface area is 180 Å². The largest absolute Gasteiger partial charge is 0.241 e. The van der Waals surface area contributed by atoms with E-state index in [0.29, 0.717) is 5.92 Å². The highest BCUT2D eigenvalue weighted by Crippen LogP contribution is 2.42. The van der Waals surface area contributed by atoms with Gasteiger partial charge in [-0.25, -0.2) is 15.0 Å². The molecule has 1 aromatic carbocycles. The summed E-state index contributed by atoms with van der Waals surface area (Å²) in [7, 11) is 0. The molecule has 0 saturated carbocycles. The normalized spacial score (nSPS) is 14.0. The van der Waals surface area contributed by atoms with Crippen LogP contribution in [0, 0.1) is 0 Å². The Morgan fingerprint density at radius 3 is 2.62 bits per heavy atom. The predicted molar refractivity (Wildman–Crippen MR) is 124 cm³/mol. The summed E-state index contributed by atoms with van der Waals surface area (Å²) in [6.07, 6.45) is 7.65. The third-order valence-corrected chi connectivity index (χ3v) is 7.94. The molecule has 0 bridgehead atoms. The highest BCUT2D eigenvalue weighted by Gasteiger charge is 2.24. The van der Waals surface area contributed by atoms with E-state index in [1.54, 1.807) is 17.7 Å². The number of aromatic nitrogens is 3. The molecule has 1 aliphatic carbocycles. The topological polar surface area (TPSA) is 38.7 Å². The average Bonchev–Trinajstić information content (AvgIpc) is 3.13. The number of rotatable bonds is 5. The molecule has 0 unspecified atom stereocenters. The monoisotopic (exact) mass is 419 g/mol. The van der Waals surface area contributed by atoms with Crippen LogP contribution in [0.15, 0.2) is 41.7 Å². The van der Waals surface area contributed by atoms with Crippen molar-refractivity contribution in [1.29, 1.82) is 0 Å². The first-order valence-corrected chi connectivity index (χ1v) is 12.3. The molecule has 3 nitrogen and oxygen atoms in total. The van der Waals surface area contributed by atoms with E-state index in [-0.39, 0.29) is 0 Å². The molecule has 3 heterocycles. The fraction of sp³-hybridized carbons (Fsp3) is 0.375. The maximum absolute atomic E-state index is 5.14. The third-order valence-electron chi connectivity index (χ3n) is 5.74. The molecular formula is C24H25N3S2. The molecule has 3 aromatic heterocycles. The van der Waals surface area contributed by atoms with Crippen LogP contribution in [0.5, 0.6) is 0 Å². The van der Waals surface area contributed by atoms with Gasteiger partial charge in [-0.15, -0.1) is 23.1 Å². The van der Waals surface area contributed by atoms with E-state index in [4.69, 9.17) is 9.97 Å². The van der Waals surface area contributed by atoms with Crippen LogP contribution >= 0.6 is 23.1 Å². The zero-order valence-electron chi connectivity index (χ0n) is 16.9. The Bertz CT molecular complexity index is 1170. The summed E-state index contributed by atoms with van der Waals surface area (Å²) in [6.45, 7) is 4.53. The van der Waals surface area contributed by atoms with Crippen molar-refractivity contribution < 1.29 is 0 Å². The Hall–Kier alpha value is -1.98. The second-order valence-corrected chi connectivity index (χ2v) is 10.1. The van der Waals surface area contributed by atoms with Crippen molar-refractivity contribution in [2.45, 2.75) is 56.9 Å². The number of thiophene rings is 1. The molecule has 5 heteroatoms. The zero-order valence-corrected chi connectivity index (χ0v) is 18.6. The first-order valence-electron chi connectivity index (χ1n) is 10.5. The number of nitrogens with zero attached hydrogens (tertiary/aromatic N) is 3. The number of fused-ring (bicyclic) bond motifs is 5. The van der Waals surface area contributed by atoms with E-state index < -0.39 is 0 Å². The minimum atomic E-state index is 0.460. The lowest BCUT2D eigenvalue weighted by molar-refractivity contribution is 0.667. The van der Waals surface area contributed by atoms with E-state index in [9.17, 15) is 0 Å². The standard InChI is InChI=1S/C24H25N3S2/c1-15(2)20-18-11-7-6-10-17(18)19-21-22(29-23(19)27-20)24(26-14-25-21)28-13-12-16-8-4-3-5-9-16/h3-5,8-9,14-15H,6-7,10-13H2,1-2H3. The number of hydrogen-bond donors (Lipinski definition) is 0. The molecule has 0 aliphatic heterocycles. The van der Waals surface area contributed by atoms with Crippen LogP contribution in [0.2, 0.25) is 0 Å². The Balaban J connectivity index is 1.56. The van der Waals surface area contributed by atoms with Crippen molar-refractivity contribution in [2.75, 3.05) is 5.75 Å². The van der Waals surface area contributed by atoms with Crippen molar-refractivity contribution in [3.63, 3.8) is 0 Å². The van der Waals surface area contributed by atoms with Gasteiger partial charge in [0.15, 0.2) is 0 Å². The summed E-state index contributed by atoms with van der Waals surface area (Å²) in [5, 5.41) is 2.40. The van der Waals surface area contributed by atoms with Crippen molar-refractivity contribution >= 4 is 43.5 Å². The van der Waals surface area contributed by atoms with E-state index in [1.165, 1.54) is 45.3 Å². The summed E-state index contributed by atoms with van der Waals surface area (Å²) >= 11 is 3.62. The Morgan fingerprint density at radius 2 is 1.83 bits per heavy atom. The second kappa shape index (κ2) is 8.04. The van der Waals surface area contributed by atoms with Crippen LogP contribution in [0.1, 0.15) is 55.0 Å². The maximum atomic E-state index is 5.14. The summed E-state index contributed by atoms with van der Waals surface area (Å²) < 4.78 is 1.21. The first kappa shape index (κ1) is 19.0. The van der Waals surface area contributed by atoms with Crippen LogP contribution in [0.4, 0.5) is 0 Å². The minimum absolute atomic E-state index is 0.460. The van der Waals surface area contributed by atoms with Crippen molar-refractivity contribution in [3.8, 4) is 0 Å². The van der Waals surface area contributed by atoms with Gasteiger partial charge in [0.2, 0.25) is 0 Å². The van der Waals surface area contributed by atoms with Gasteiger partial charge in [0.1, 0.15) is 16.2 Å². The van der Waals surface area contributed by atoms with Crippen LogP contribution in [0.25, 0.3) is 20.4 Å². The predicted octanol–water partition coefficient (Wildman–Crippen LogP) is 6.58. The van der Waals surface area contributed by atoms with Crippen LogP contribution in [-0.2, 0) is 19.3 Å². The van der Waals surface area contributed by atoms with E-state index >= 15 is 0 Å². The van der Waals surface area contributed by atoms with Gasteiger partial charge in [0.25, 0.3) is 0 Å².